The van der Waals surface area contributed by atoms with Crippen LogP contribution in [-0.4, -0.2) is 36.6 Å². The van der Waals surface area contributed by atoms with Crippen LogP contribution in [0.1, 0.15) is 56.9 Å². The third-order valence-electron chi connectivity index (χ3n) is 5.56. The van der Waals surface area contributed by atoms with Crippen molar-refractivity contribution in [2.75, 3.05) is 19.7 Å². The molecule has 0 radical (unpaired) electrons. The Morgan fingerprint density at radius 2 is 1.96 bits per heavy atom. The average molecular weight is 315 g/mol. The summed E-state index contributed by atoms with van der Waals surface area (Å²) in [7, 11) is 0. The molecule has 0 amide bonds. The maximum Gasteiger partial charge on any atom is 0.313 e. The van der Waals surface area contributed by atoms with Gasteiger partial charge < -0.3 is 4.74 Å². The van der Waals surface area contributed by atoms with E-state index < -0.39 is 0 Å². The summed E-state index contributed by atoms with van der Waals surface area (Å²) in [4.78, 5) is 15.2. The fraction of sp³-hybridized carbons (Fsp3) is 0.650. The second-order valence-corrected chi connectivity index (χ2v) is 7.00. The van der Waals surface area contributed by atoms with E-state index in [0.717, 1.165) is 12.0 Å². The lowest BCUT2D eigenvalue weighted by atomic mass is 9.84. The van der Waals surface area contributed by atoms with E-state index in [9.17, 15) is 4.79 Å². The van der Waals surface area contributed by atoms with Crippen LogP contribution in [0.3, 0.4) is 0 Å². The first kappa shape index (κ1) is 16.5. The van der Waals surface area contributed by atoms with Gasteiger partial charge in [0.15, 0.2) is 0 Å². The van der Waals surface area contributed by atoms with E-state index in [2.05, 4.69) is 11.8 Å². The monoisotopic (exact) mass is 315 g/mol. The molecule has 2 heterocycles. The Morgan fingerprint density at radius 1 is 1.17 bits per heavy atom. The van der Waals surface area contributed by atoms with Crippen molar-refractivity contribution in [3.05, 3.63) is 35.9 Å². The molecule has 0 saturated carbocycles. The molecule has 0 aliphatic carbocycles. The van der Waals surface area contributed by atoms with Crippen molar-refractivity contribution in [2.45, 2.75) is 57.4 Å². The Balaban J connectivity index is 1.57. The molecule has 2 fully saturated rings. The molecule has 3 nitrogen and oxygen atoms in total. The zero-order valence-electron chi connectivity index (χ0n) is 14.2. The third-order valence-corrected chi connectivity index (χ3v) is 5.56. The van der Waals surface area contributed by atoms with Crippen LogP contribution in [0, 0.1) is 5.92 Å². The van der Waals surface area contributed by atoms with Crippen molar-refractivity contribution in [3.63, 3.8) is 0 Å². The molecule has 0 N–H and O–H groups in total. The molecular formula is C20H29NO2. The molecule has 1 aromatic carbocycles. The summed E-state index contributed by atoms with van der Waals surface area (Å²) in [6.45, 7) is 5.12. The van der Waals surface area contributed by atoms with Gasteiger partial charge in [-0.25, -0.2) is 0 Å². The highest BCUT2D eigenvalue weighted by Gasteiger charge is 2.34. The minimum Gasteiger partial charge on any atom is -0.465 e. The molecule has 0 aromatic heterocycles. The van der Waals surface area contributed by atoms with Gasteiger partial charge in [-0.15, -0.1) is 0 Å². The highest BCUT2D eigenvalue weighted by atomic mass is 16.5. The van der Waals surface area contributed by atoms with Crippen LogP contribution in [0.2, 0.25) is 0 Å². The normalized spacial score (nSPS) is 26.3. The molecule has 1 aromatic rings. The summed E-state index contributed by atoms with van der Waals surface area (Å²) in [5, 5.41) is 0. The fourth-order valence-corrected chi connectivity index (χ4v) is 4.29. The fourth-order valence-electron chi connectivity index (χ4n) is 4.29. The summed E-state index contributed by atoms with van der Waals surface area (Å²) in [6, 6.07) is 10.7. The number of hydrogen-bond acceptors (Lipinski definition) is 3. The van der Waals surface area contributed by atoms with Gasteiger partial charge in [0, 0.05) is 12.0 Å². The zero-order valence-corrected chi connectivity index (χ0v) is 14.2. The van der Waals surface area contributed by atoms with E-state index >= 15 is 0 Å². The van der Waals surface area contributed by atoms with Crippen molar-refractivity contribution in [3.8, 4) is 0 Å². The summed E-state index contributed by atoms with van der Waals surface area (Å²) in [6.07, 6.45) is 7.18. The van der Waals surface area contributed by atoms with E-state index in [1.54, 1.807) is 0 Å². The number of piperidine rings is 2. The highest BCUT2D eigenvalue weighted by Crippen LogP contribution is 2.31. The van der Waals surface area contributed by atoms with Crippen molar-refractivity contribution in [2.24, 2.45) is 5.92 Å². The number of benzene rings is 1. The lowest BCUT2D eigenvalue weighted by molar-refractivity contribution is -0.148. The van der Waals surface area contributed by atoms with Gasteiger partial charge in [0.05, 0.1) is 12.5 Å². The number of nitrogens with zero attached hydrogens (tertiary/aromatic N) is 1. The van der Waals surface area contributed by atoms with Crippen LogP contribution in [-0.2, 0) is 9.53 Å². The minimum atomic E-state index is -0.123. The number of fused-ring (bicyclic) bond motifs is 1. The quantitative estimate of drug-likeness (QED) is 0.770. The first-order chi connectivity index (χ1) is 11.3. The second kappa shape index (κ2) is 7.96. The van der Waals surface area contributed by atoms with Crippen LogP contribution < -0.4 is 0 Å². The van der Waals surface area contributed by atoms with Gasteiger partial charge in [0.1, 0.15) is 0 Å². The van der Waals surface area contributed by atoms with Crippen LogP contribution in [0.4, 0.5) is 0 Å². The van der Waals surface area contributed by atoms with Gasteiger partial charge >= 0.3 is 5.97 Å². The van der Waals surface area contributed by atoms with Gasteiger partial charge in [-0.3, -0.25) is 9.69 Å². The maximum absolute atomic E-state index is 12.5. The van der Waals surface area contributed by atoms with E-state index in [0.29, 0.717) is 18.6 Å². The van der Waals surface area contributed by atoms with Crippen molar-refractivity contribution >= 4 is 5.97 Å². The van der Waals surface area contributed by atoms with Crippen LogP contribution >= 0.6 is 0 Å². The topological polar surface area (TPSA) is 29.5 Å². The molecule has 3 heteroatoms. The number of carbonyl (C=O) groups excluding carboxylic acids is 1. The molecule has 2 saturated heterocycles. The number of esters is 1. The van der Waals surface area contributed by atoms with Gasteiger partial charge in [0.25, 0.3) is 0 Å². The van der Waals surface area contributed by atoms with Gasteiger partial charge in [-0.1, -0.05) is 43.7 Å². The zero-order chi connectivity index (χ0) is 16.1. The van der Waals surface area contributed by atoms with Crippen molar-refractivity contribution in [1.82, 2.24) is 4.90 Å². The average Bonchev–Trinajstić information content (AvgIpc) is 2.61. The maximum atomic E-state index is 12.5. The number of carbonyl (C=O) groups is 1. The molecule has 0 bridgehead atoms. The van der Waals surface area contributed by atoms with E-state index in [1.807, 2.05) is 30.3 Å². The number of ether oxygens (including phenoxy) is 1. The predicted octanol–water partition coefficient (Wildman–Crippen LogP) is 3.99. The molecule has 0 spiro atoms. The molecule has 126 valence electrons. The second-order valence-electron chi connectivity index (χ2n) is 7.00. The van der Waals surface area contributed by atoms with Crippen molar-refractivity contribution in [1.29, 1.82) is 0 Å². The first-order valence-corrected chi connectivity index (χ1v) is 9.25. The Bertz CT molecular complexity index is 500. The minimum absolute atomic E-state index is 0.0494. The SMILES string of the molecule is CC[C@@H](C(=O)OC[C@H]1CCCN2CCCC[C@H]12)c1ccccc1. The predicted molar refractivity (Wildman–Crippen MR) is 92.4 cm³/mol. The summed E-state index contributed by atoms with van der Waals surface area (Å²) >= 11 is 0. The molecular weight excluding hydrogens is 286 g/mol. The number of hydrogen-bond donors (Lipinski definition) is 0. The molecule has 3 atom stereocenters. The summed E-state index contributed by atoms with van der Waals surface area (Å²) in [5.41, 5.74) is 1.07. The summed E-state index contributed by atoms with van der Waals surface area (Å²) in [5.74, 6) is 0.357. The van der Waals surface area contributed by atoms with Crippen LogP contribution in [0.25, 0.3) is 0 Å². The van der Waals surface area contributed by atoms with Crippen LogP contribution in [0.5, 0.6) is 0 Å². The molecule has 0 unspecified atom stereocenters. The lowest BCUT2D eigenvalue weighted by Gasteiger charge is -2.44. The third kappa shape index (κ3) is 3.95. The summed E-state index contributed by atoms with van der Waals surface area (Å²) < 4.78 is 5.77. The van der Waals surface area contributed by atoms with E-state index in [-0.39, 0.29) is 11.9 Å². The highest BCUT2D eigenvalue weighted by molar-refractivity contribution is 5.78. The largest absolute Gasteiger partial charge is 0.465 e. The van der Waals surface area contributed by atoms with Gasteiger partial charge in [-0.2, -0.15) is 0 Å². The Morgan fingerprint density at radius 3 is 2.74 bits per heavy atom. The first-order valence-electron chi connectivity index (χ1n) is 9.25. The Kier molecular flexibility index (Phi) is 5.71. The van der Waals surface area contributed by atoms with Gasteiger partial charge in [0.2, 0.25) is 0 Å². The van der Waals surface area contributed by atoms with Crippen LogP contribution in [0.15, 0.2) is 30.3 Å². The van der Waals surface area contributed by atoms with E-state index in [4.69, 9.17) is 4.74 Å². The van der Waals surface area contributed by atoms with Crippen molar-refractivity contribution < 1.29 is 9.53 Å². The molecule has 2 aliphatic heterocycles. The molecule has 3 rings (SSSR count). The molecule has 2 aliphatic rings. The lowest BCUT2D eigenvalue weighted by Crippen LogP contribution is -2.49. The Hall–Kier alpha value is -1.35. The smallest absolute Gasteiger partial charge is 0.313 e. The number of rotatable bonds is 5. The molecule has 23 heavy (non-hydrogen) atoms. The standard InChI is InChI=1S/C20H29NO2/c1-2-18(16-9-4-3-5-10-16)20(22)23-15-17-11-8-14-21-13-7-6-12-19(17)21/h3-5,9-10,17-19H,2,6-8,11-15H2,1H3/t17-,18-,19-/m1/s1. The Labute approximate surface area is 140 Å². The van der Waals surface area contributed by atoms with E-state index in [1.165, 1.54) is 45.2 Å². The van der Waals surface area contributed by atoms with Gasteiger partial charge in [-0.05, 0) is 50.8 Å².